The predicted octanol–water partition coefficient (Wildman–Crippen LogP) is 2.69. The Kier molecular flexibility index (Phi) is 3.49. The third-order valence-corrected chi connectivity index (χ3v) is 4.97. The minimum absolute atomic E-state index is 0.829. The highest BCUT2D eigenvalue weighted by Crippen LogP contribution is 2.31. The zero-order valence-electron chi connectivity index (χ0n) is 10.5. The van der Waals surface area contributed by atoms with E-state index >= 15 is 0 Å². The van der Waals surface area contributed by atoms with E-state index in [2.05, 4.69) is 9.80 Å². The minimum atomic E-state index is 0.829. The Bertz CT molecular complexity index is 207. The van der Waals surface area contributed by atoms with Crippen LogP contribution in [0.1, 0.15) is 51.4 Å². The number of nitrogens with zero attached hydrogens (tertiary/aromatic N) is 2. The quantitative estimate of drug-likeness (QED) is 0.724. The predicted molar refractivity (Wildman–Crippen MR) is 67.4 cm³/mol. The zero-order valence-corrected chi connectivity index (χ0v) is 10.5. The molecule has 0 aromatic heterocycles. The van der Waals surface area contributed by atoms with E-state index in [4.69, 9.17) is 0 Å². The van der Waals surface area contributed by atoms with E-state index in [9.17, 15) is 0 Å². The fourth-order valence-corrected chi connectivity index (χ4v) is 4.01. The standard InChI is InChI=1S/C14H26N2/c1-2-5-13(6-3-1)7-8-14-15-9-4-10-16(14)12-11-15/h13-14H,1-12H2. The average Bonchev–Trinajstić information content (AvgIpc) is 2.57. The lowest BCUT2D eigenvalue weighted by Gasteiger charge is -2.36. The second-order valence-corrected chi connectivity index (χ2v) is 5.99. The second-order valence-electron chi connectivity index (χ2n) is 5.99. The van der Waals surface area contributed by atoms with Gasteiger partial charge in [-0.05, 0) is 25.2 Å². The molecule has 0 aromatic rings. The normalized spacial score (nSPS) is 40.1. The molecule has 2 heteroatoms. The van der Waals surface area contributed by atoms with Crippen molar-refractivity contribution in [1.82, 2.24) is 9.80 Å². The second kappa shape index (κ2) is 5.05. The van der Waals surface area contributed by atoms with Gasteiger partial charge in [0.1, 0.15) is 0 Å². The van der Waals surface area contributed by atoms with Crippen LogP contribution < -0.4 is 0 Å². The van der Waals surface area contributed by atoms with Crippen molar-refractivity contribution in [3.05, 3.63) is 0 Å². The summed E-state index contributed by atoms with van der Waals surface area (Å²) in [5, 5.41) is 0. The minimum Gasteiger partial charge on any atom is -0.287 e. The van der Waals surface area contributed by atoms with Crippen LogP contribution in [-0.4, -0.2) is 42.1 Å². The molecule has 0 spiro atoms. The maximum absolute atomic E-state index is 2.73. The van der Waals surface area contributed by atoms with Crippen LogP contribution in [0.2, 0.25) is 0 Å². The van der Waals surface area contributed by atoms with Crippen molar-refractivity contribution >= 4 is 0 Å². The van der Waals surface area contributed by atoms with Crippen LogP contribution >= 0.6 is 0 Å². The van der Waals surface area contributed by atoms with Gasteiger partial charge in [0.25, 0.3) is 0 Å². The number of hydrogen-bond acceptors (Lipinski definition) is 2. The molecule has 1 saturated carbocycles. The molecule has 3 aliphatic rings. The van der Waals surface area contributed by atoms with E-state index in [1.807, 2.05) is 0 Å². The molecule has 92 valence electrons. The Hall–Kier alpha value is -0.0800. The van der Waals surface area contributed by atoms with E-state index in [1.165, 1.54) is 77.5 Å². The van der Waals surface area contributed by atoms with Gasteiger partial charge in [0.2, 0.25) is 0 Å². The molecule has 2 saturated heterocycles. The molecule has 2 nitrogen and oxygen atoms in total. The molecule has 2 bridgehead atoms. The lowest BCUT2D eigenvalue weighted by atomic mass is 9.85. The Labute approximate surface area is 100.0 Å². The fourth-order valence-electron chi connectivity index (χ4n) is 4.01. The van der Waals surface area contributed by atoms with Crippen molar-refractivity contribution in [2.24, 2.45) is 5.92 Å². The van der Waals surface area contributed by atoms with Gasteiger partial charge in [0.05, 0.1) is 6.17 Å². The molecule has 2 unspecified atom stereocenters. The summed E-state index contributed by atoms with van der Waals surface area (Å²) in [6, 6.07) is 0. The summed E-state index contributed by atoms with van der Waals surface area (Å²) >= 11 is 0. The first-order valence-corrected chi connectivity index (χ1v) is 7.41. The molecule has 0 N–H and O–H groups in total. The first kappa shape index (κ1) is 11.0. The van der Waals surface area contributed by atoms with Crippen molar-refractivity contribution in [1.29, 1.82) is 0 Å². The largest absolute Gasteiger partial charge is 0.287 e. The van der Waals surface area contributed by atoms with E-state index in [0.29, 0.717) is 0 Å². The summed E-state index contributed by atoms with van der Waals surface area (Å²) in [5.41, 5.74) is 0. The molecule has 3 rings (SSSR count). The summed E-state index contributed by atoms with van der Waals surface area (Å²) in [6.45, 7) is 5.42. The van der Waals surface area contributed by atoms with Crippen LogP contribution in [0.25, 0.3) is 0 Å². The van der Waals surface area contributed by atoms with Crippen molar-refractivity contribution in [3.8, 4) is 0 Å². The average molecular weight is 222 g/mol. The number of fused-ring (bicyclic) bond motifs is 2. The van der Waals surface area contributed by atoms with E-state index < -0.39 is 0 Å². The molecule has 1 aliphatic carbocycles. The van der Waals surface area contributed by atoms with Gasteiger partial charge in [-0.3, -0.25) is 9.80 Å². The highest BCUT2D eigenvalue weighted by Gasteiger charge is 2.34. The molecule has 2 atom stereocenters. The Morgan fingerprint density at radius 1 is 0.688 bits per heavy atom. The molecule has 0 aromatic carbocycles. The van der Waals surface area contributed by atoms with Crippen LogP contribution in [0.15, 0.2) is 0 Å². The van der Waals surface area contributed by atoms with Gasteiger partial charge in [-0.25, -0.2) is 0 Å². The number of rotatable bonds is 3. The molecular weight excluding hydrogens is 196 g/mol. The van der Waals surface area contributed by atoms with Crippen molar-refractivity contribution < 1.29 is 0 Å². The molecule has 0 amide bonds. The van der Waals surface area contributed by atoms with E-state index in [-0.39, 0.29) is 0 Å². The fraction of sp³-hybridized carbons (Fsp3) is 1.00. The van der Waals surface area contributed by atoms with E-state index in [1.54, 1.807) is 0 Å². The first-order valence-electron chi connectivity index (χ1n) is 7.41. The molecule has 2 heterocycles. The monoisotopic (exact) mass is 222 g/mol. The van der Waals surface area contributed by atoms with Gasteiger partial charge in [-0.1, -0.05) is 32.1 Å². The molecule has 3 fully saturated rings. The molecular formula is C14H26N2. The van der Waals surface area contributed by atoms with Crippen molar-refractivity contribution in [3.63, 3.8) is 0 Å². The Morgan fingerprint density at radius 2 is 1.38 bits per heavy atom. The summed E-state index contributed by atoms with van der Waals surface area (Å²) in [5.74, 6) is 1.07. The van der Waals surface area contributed by atoms with Crippen LogP contribution in [0.4, 0.5) is 0 Å². The summed E-state index contributed by atoms with van der Waals surface area (Å²) in [6.07, 6.45) is 12.7. The smallest absolute Gasteiger partial charge is 0.0623 e. The Morgan fingerprint density at radius 3 is 2.06 bits per heavy atom. The van der Waals surface area contributed by atoms with Crippen molar-refractivity contribution in [2.75, 3.05) is 26.2 Å². The maximum Gasteiger partial charge on any atom is 0.0623 e. The molecule has 16 heavy (non-hydrogen) atoms. The van der Waals surface area contributed by atoms with E-state index in [0.717, 1.165) is 12.1 Å². The zero-order chi connectivity index (χ0) is 10.8. The Balaban J connectivity index is 1.47. The topological polar surface area (TPSA) is 6.48 Å². The van der Waals surface area contributed by atoms with Gasteiger partial charge in [0.15, 0.2) is 0 Å². The van der Waals surface area contributed by atoms with Crippen LogP contribution in [0.5, 0.6) is 0 Å². The van der Waals surface area contributed by atoms with Gasteiger partial charge in [0, 0.05) is 26.2 Å². The van der Waals surface area contributed by atoms with Crippen molar-refractivity contribution in [2.45, 2.75) is 57.5 Å². The van der Waals surface area contributed by atoms with Crippen LogP contribution in [0.3, 0.4) is 0 Å². The van der Waals surface area contributed by atoms with Gasteiger partial charge in [-0.15, -0.1) is 0 Å². The third kappa shape index (κ3) is 2.28. The lowest BCUT2D eigenvalue weighted by Crippen LogP contribution is -2.44. The first-order chi connectivity index (χ1) is 7.93. The van der Waals surface area contributed by atoms with Crippen LogP contribution in [-0.2, 0) is 0 Å². The van der Waals surface area contributed by atoms with Gasteiger partial charge >= 0.3 is 0 Å². The van der Waals surface area contributed by atoms with Crippen LogP contribution in [0, 0.1) is 5.92 Å². The summed E-state index contributed by atoms with van der Waals surface area (Å²) in [7, 11) is 0. The number of hydrogen-bond donors (Lipinski definition) is 0. The lowest BCUT2D eigenvalue weighted by molar-refractivity contribution is 0.0774. The molecule has 0 radical (unpaired) electrons. The van der Waals surface area contributed by atoms with Gasteiger partial charge < -0.3 is 0 Å². The summed E-state index contributed by atoms with van der Waals surface area (Å²) < 4.78 is 0. The maximum atomic E-state index is 2.73. The highest BCUT2D eigenvalue weighted by atomic mass is 15.4. The molecule has 2 aliphatic heterocycles. The summed E-state index contributed by atoms with van der Waals surface area (Å²) in [4.78, 5) is 5.46. The third-order valence-electron chi connectivity index (χ3n) is 4.97. The van der Waals surface area contributed by atoms with Gasteiger partial charge in [-0.2, -0.15) is 0 Å². The highest BCUT2D eigenvalue weighted by molar-refractivity contribution is 4.86. The SMILES string of the molecule is C1CCC(CCC2N3CCCN2CC3)CC1.